The Bertz CT molecular complexity index is 955. The number of hydrogen-bond donors (Lipinski definition) is 1. The van der Waals surface area contributed by atoms with Crippen LogP contribution in [0.5, 0.6) is 0 Å². The molecule has 1 saturated heterocycles. The lowest BCUT2D eigenvalue weighted by Crippen LogP contribution is -2.40. The van der Waals surface area contributed by atoms with Crippen molar-refractivity contribution >= 4 is 44.2 Å². The zero-order valence-corrected chi connectivity index (χ0v) is 17.7. The van der Waals surface area contributed by atoms with Gasteiger partial charge in [0.1, 0.15) is 5.82 Å². The number of rotatable bonds is 7. The minimum atomic E-state index is -2.97. The Morgan fingerprint density at radius 3 is 2.81 bits per heavy atom. The maximum atomic E-state index is 13.8. The normalized spacial score (nSPS) is 19.1. The second kappa shape index (κ2) is 8.34. The van der Waals surface area contributed by atoms with Gasteiger partial charge in [0.2, 0.25) is 5.13 Å². The van der Waals surface area contributed by atoms with Crippen molar-refractivity contribution in [3.63, 3.8) is 0 Å². The van der Waals surface area contributed by atoms with Gasteiger partial charge in [0.25, 0.3) is 0 Å². The highest BCUT2D eigenvalue weighted by Gasteiger charge is 2.32. The minimum Gasteiger partial charge on any atom is -0.328 e. The summed E-state index contributed by atoms with van der Waals surface area (Å²) in [6.45, 7) is 5.38. The largest absolute Gasteiger partial charge is 0.328 e. The van der Waals surface area contributed by atoms with Gasteiger partial charge in [-0.3, -0.25) is 4.90 Å². The Balaban J connectivity index is 1.77. The van der Waals surface area contributed by atoms with E-state index in [4.69, 9.17) is 12.2 Å². The molecule has 2 heterocycles. The Morgan fingerprint density at radius 2 is 2.19 bits per heavy atom. The number of benzene rings is 1. The smallest absolute Gasteiger partial charge is 0.209 e. The number of halogens is 1. The van der Waals surface area contributed by atoms with E-state index in [0.717, 1.165) is 6.54 Å². The molecule has 10 heteroatoms. The van der Waals surface area contributed by atoms with Gasteiger partial charge >= 0.3 is 0 Å². The van der Waals surface area contributed by atoms with Crippen molar-refractivity contribution in [3.05, 3.63) is 34.0 Å². The highest BCUT2D eigenvalue weighted by molar-refractivity contribution is 7.91. The highest BCUT2D eigenvalue weighted by Crippen LogP contribution is 2.24. The SMILES string of the molecule is CC(C)CN(Cn1nc(Nc2ccccc2F)sc1=S)[C@@H]1CCS(=O)(=O)C1. The summed E-state index contributed by atoms with van der Waals surface area (Å²) in [7, 11) is -2.97. The van der Waals surface area contributed by atoms with Crippen LogP contribution in [-0.2, 0) is 16.5 Å². The third-order valence-electron chi connectivity index (χ3n) is 4.36. The van der Waals surface area contributed by atoms with Gasteiger partial charge in [-0.05, 0) is 36.7 Å². The predicted molar refractivity (Wildman–Crippen MR) is 109 cm³/mol. The third kappa shape index (κ3) is 5.34. The van der Waals surface area contributed by atoms with Crippen molar-refractivity contribution in [2.75, 3.05) is 23.4 Å². The van der Waals surface area contributed by atoms with Crippen molar-refractivity contribution in [3.8, 4) is 0 Å². The number of aromatic nitrogens is 2. The molecular formula is C17H23FN4O2S3. The van der Waals surface area contributed by atoms with Crippen LogP contribution in [0.2, 0.25) is 0 Å². The second-order valence-electron chi connectivity index (χ2n) is 7.14. The van der Waals surface area contributed by atoms with Gasteiger partial charge in [0.15, 0.2) is 13.8 Å². The molecule has 1 aliphatic heterocycles. The van der Waals surface area contributed by atoms with E-state index >= 15 is 0 Å². The van der Waals surface area contributed by atoms with Gasteiger partial charge in [-0.25, -0.2) is 17.5 Å². The lowest BCUT2D eigenvalue weighted by atomic mass is 10.1. The summed E-state index contributed by atoms with van der Waals surface area (Å²) in [6, 6.07) is 6.36. The quantitative estimate of drug-likeness (QED) is 0.676. The lowest BCUT2D eigenvalue weighted by molar-refractivity contribution is 0.138. The molecule has 1 aliphatic rings. The van der Waals surface area contributed by atoms with Crippen molar-refractivity contribution in [2.24, 2.45) is 5.92 Å². The summed E-state index contributed by atoms with van der Waals surface area (Å²) in [5, 5.41) is 7.93. The molecule has 1 aromatic heterocycles. The maximum absolute atomic E-state index is 13.8. The fraction of sp³-hybridized carbons (Fsp3) is 0.529. The lowest BCUT2D eigenvalue weighted by Gasteiger charge is -2.29. The molecule has 1 fully saturated rings. The fourth-order valence-corrected chi connectivity index (χ4v) is 5.92. The molecule has 0 saturated carbocycles. The van der Waals surface area contributed by atoms with Crippen LogP contribution in [0.25, 0.3) is 0 Å². The molecule has 1 atom stereocenters. The molecule has 2 aromatic rings. The Kier molecular flexibility index (Phi) is 6.29. The van der Waals surface area contributed by atoms with Crippen molar-refractivity contribution in [1.29, 1.82) is 0 Å². The number of anilines is 2. The fourth-order valence-electron chi connectivity index (χ4n) is 3.15. The number of nitrogens with zero attached hydrogens (tertiary/aromatic N) is 3. The molecule has 0 radical (unpaired) electrons. The summed E-state index contributed by atoms with van der Waals surface area (Å²) in [6.07, 6.45) is 0.632. The number of sulfone groups is 1. The van der Waals surface area contributed by atoms with Gasteiger partial charge in [-0.15, -0.1) is 5.10 Å². The number of hydrogen-bond acceptors (Lipinski definition) is 7. The van der Waals surface area contributed by atoms with Crippen molar-refractivity contribution in [2.45, 2.75) is 33.0 Å². The molecule has 1 N–H and O–H groups in total. The second-order valence-corrected chi connectivity index (χ2v) is 11.0. The molecule has 148 valence electrons. The van der Waals surface area contributed by atoms with E-state index < -0.39 is 9.84 Å². The van der Waals surface area contributed by atoms with Crippen LogP contribution in [0, 0.1) is 15.7 Å². The van der Waals surface area contributed by atoms with E-state index in [1.54, 1.807) is 22.9 Å². The first-order valence-corrected chi connectivity index (χ1v) is 11.8. The van der Waals surface area contributed by atoms with Crippen LogP contribution in [0.15, 0.2) is 24.3 Å². The molecule has 27 heavy (non-hydrogen) atoms. The van der Waals surface area contributed by atoms with Crippen LogP contribution in [0.1, 0.15) is 20.3 Å². The van der Waals surface area contributed by atoms with Crippen LogP contribution in [-0.4, -0.2) is 47.2 Å². The van der Waals surface area contributed by atoms with E-state index in [-0.39, 0.29) is 23.4 Å². The molecular weight excluding hydrogens is 407 g/mol. The Morgan fingerprint density at radius 1 is 1.44 bits per heavy atom. The van der Waals surface area contributed by atoms with Crippen molar-refractivity contribution < 1.29 is 12.8 Å². The molecule has 6 nitrogen and oxygen atoms in total. The first-order chi connectivity index (χ1) is 12.7. The van der Waals surface area contributed by atoms with Crippen LogP contribution >= 0.6 is 23.6 Å². The molecule has 0 spiro atoms. The molecule has 0 aliphatic carbocycles. The van der Waals surface area contributed by atoms with E-state index in [2.05, 4.69) is 29.2 Å². The van der Waals surface area contributed by atoms with Gasteiger partial charge in [-0.1, -0.05) is 37.3 Å². The van der Waals surface area contributed by atoms with Crippen LogP contribution in [0.3, 0.4) is 0 Å². The average molecular weight is 431 g/mol. The zero-order valence-electron chi connectivity index (χ0n) is 15.3. The summed E-state index contributed by atoms with van der Waals surface area (Å²) >= 11 is 6.68. The summed E-state index contributed by atoms with van der Waals surface area (Å²) in [5.41, 5.74) is 0.342. The zero-order chi connectivity index (χ0) is 19.6. The van der Waals surface area contributed by atoms with E-state index in [9.17, 15) is 12.8 Å². The number of nitrogens with one attached hydrogen (secondary N) is 1. The first kappa shape index (κ1) is 20.4. The summed E-state index contributed by atoms with van der Waals surface area (Å²) in [4.78, 5) is 2.14. The molecule has 1 aromatic carbocycles. The Labute approximate surface area is 167 Å². The maximum Gasteiger partial charge on any atom is 0.209 e. The standard InChI is InChI=1S/C17H23FN4O2S3/c1-12(2)9-21(13-7-8-27(23,24)10-13)11-22-17(25)26-16(20-22)19-15-6-4-3-5-14(15)18/h3-6,12-13H,7-11H2,1-2H3,(H,19,20)/t13-/m1/s1. The van der Waals surface area contributed by atoms with Gasteiger partial charge in [-0.2, -0.15) is 0 Å². The Hall–Kier alpha value is -1.36. The average Bonchev–Trinajstić information content (AvgIpc) is 3.11. The highest BCUT2D eigenvalue weighted by atomic mass is 32.2. The van der Waals surface area contributed by atoms with E-state index in [1.807, 2.05) is 0 Å². The number of para-hydroxylation sites is 1. The first-order valence-electron chi connectivity index (χ1n) is 8.77. The molecule has 0 bridgehead atoms. The topological polar surface area (TPSA) is 67.2 Å². The van der Waals surface area contributed by atoms with Crippen LogP contribution < -0.4 is 5.32 Å². The minimum absolute atomic E-state index is 0.0241. The van der Waals surface area contributed by atoms with E-state index in [1.165, 1.54) is 17.4 Å². The molecule has 3 rings (SSSR count). The van der Waals surface area contributed by atoms with Crippen molar-refractivity contribution in [1.82, 2.24) is 14.7 Å². The third-order valence-corrected chi connectivity index (χ3v) is 7.34. The van der Waals surface area contributed by atoms with E-state index in [0.29, 0.717) is 33.8 Å². The van der Waals surface area contributed by atoms with Crippen LogP contribution in [0.4, 0.5) is 15.2 Å². The molecule has 0 amide bonds. The summed E-state index contributed by atoms with van der Waals surface area (Å²) < 4.78 is 39.8. The van der Waals surface area contributed by atoms with Gasteiger partial charge < -0.3 is 5.32 Å². The predicted octanol–water partition coefficient (Wildman–Crippen LogP) is 3.66. The summed E-state index contributed by atoms with van der Waals surface area (Å²) in [5.74, 6) is 0.437. The van der Waals surface area contributed by atoms with Gasteiger partial charge in [0.05, 0.1) is 23.9 Å². The molecule has 0 unspecified atom stereocenters. The van der Waals surface area contributed by atoms with Gasteiger partial charge in [0, 0.05) is 12.6 Å². The monoisotopic (exact) mass is 430 g/mol.